The maximum Gasteiger partial charge on any atom is 0.407 e. The van der Waals surface area contributed by atoms with E-state index in [1.54, 1.807) is 25.7 Å². The zero-order chi connectivity index (χ0) is 27.3. The van der Waals surface area contributed by atoms with Gasteiger partial charge in [0.2, 0.25) is 5.91 Å². The first-order valence-electron chi connectivity index (χ1n) is 12.6. The topological polar surface area (TPSA) is 106 Å². The van der Waals surface area contributed by atoms with Gasteiger partial charge < -0.3 is 29.3 Å². The Balaban J connectivity index is 0.00000507. The molecule has 2 heterocycles. The van der Waals surface area contributed by atoms with Gasteiger partial charge in [0.1, 0.15) is 11.9 Å². The van der Waals surface area contributed by atoms with E-state index in [9.17, 15) is 9.59 Å². The number of carbonyl (C=O) groups excluding carboxylic acids is 2. The number of amides is 2. The minimum absolute atomic E-state index is 0. The van der Waals surface area contributed by atoms with Gasteiger partial charge in [-0.15, -0.1) is 0 Å². The van der Waals surface area contributed by atoms with Crippen molar-refractivity contribution in [3.63, 3.8) is 0 Å². The molecule has 205 valence electrons. The van der Waals surface area contributed by atoms with Crippen LogP contribution in [0, 0.1) is 42.9 Å². The minimum Gasteiger partial charge on any atom is -0.460 e. The molecule has 1 aromatic heterocycles. The zero-order valence-electron chi connectivity index (χ0n) is 23.6. The number of aromatic nitrogens is 2. The van der Waals surface area contributed by atoms with Crippen LogP contribution in [0.5, 0.6) is 0 Å². The number of carbonyl (C=O) groups is 2. The van der Waals surface area contributed by atoms with Gasteiger partial charge in [-0.25, -0.2) is 9.78 Å². The molecule has 0 unspecified atom stereocenters. The predicted octanol–water partition coefficient (Wildman–Crippen LogP) is 3.40. The molecule has 11 heteroatoms. The van der Waals surface area contributed by atoms with E-state index in [1.165, 1.54) is 13.0 Å². The van der Waals surface area contributed by atoms with Crippen molar-refractivity contribution in [2.75, 3.05) is 20.8 Å². The fourth-order valence-corrected chi connectivity index (χ4v) is 4.08. The molecule has 2 amide bonds. The van der Waals surface area contributed by atoms with Crippen LogP contribution in [0.25, 0.3) is 11.3 Å². The van der Waals surface area contributed by atoms with E-state index in [0.29, 0.717) is 18.8 Å². The summed E-state index contributed by atoms with van der Waals surface area (Å²) >= 11 is 0. The van der Waals surface area contributed by atoms with Gasteiger partial charge in [-0.3, -0.25) is 10.7 Å². The second-order valence-electron chi connectivity index (χ2n) is 10.5. The normalized spacial score (nSPS) is 18.3. The summed E-state index contributed by atoms with van der Waals surface area (Å²) in [5.41, 5.74) is 2.45. The number of rotatable bonds is 10. The van der Waals surface area contributed by atoms with Crippen molar-refractivity contribution in [1.82, 2.24) is 20.2 Å². The van der Waals surface area contributed by atoms with E-state index in [4.69, 9.17) is 14.1 Å². The molecule has 2 aromatic rings. The number of alkyl carbamates (subject to hydrolysis) is 1. The molecular weight excluding hydrogens is 709 g/mol. The van der Waals surface area contributed by atoms with Crippen LogP contribution in [0.15, 0.2) is 30.5 Å². The molecule has 1 radical (unpaired) electrons. The summed E-state index contributed by atoms with van der Waals surface area (Å²) in [7, 11) is 4.69. The van der Waals surface area contributed by atoms with E-state index < -0.39 is 12.1 Å². The molecule has 0 saturated carbocycles. The van der Waals surface area contributed by atoms with Gasteiger partial charge >= 0.3 is 13.6 Å². The van der Waals surface area contributed by atoms with Gasteiger partial charge in [-0.2, -0.15) is 13.8 Å². The van der Waals surface area contributed by atoms with E-state index in [0.717, 1.165) is 16.7 Å². The van der Waals surface area contributed by atoms with Crippen LogP contribution in [0.3, 0.4) is 0 Å². The molecule has 0 spiro atoms. The van der Waals surface area contributed by atoms with Gasteiger partial charge in [0.05, 0.1) is 31.1 Å². The van der Waals surface area contributed by atoms with Crippen LogP contribution in [-0.2, 0) is 18.9 Å². The van der Waals surface area contributed by atoms with Crippen molar-refractivity contribution in [3.05, 3.63) is 42.2 Å². The summed E-state index contributed by atoms with van der Waals surface area (Å²) in [6.45, 7) is 12.4. The van der Waals surface area contributed by atoms with Gasteiger partial charge in [0.15, 0.2) is 0 Å². The third kappa shape index (κ3) is 7.88. The Bertz CT molecular complexity index is 1060. The second-order valence-corrected chi connectivity index (χ2v) is 10.5. The van der Waals surface area contributed by atoms with Crippen molar-refractivity contribution in [2.24, 2.45) is 5.92 Å². The molecule has 9 nitrogen and oxygen atoms in total. The molecule has 3 atom stereocenters. The first-order chi connectivity index (χ1) is 17.5. The molecule has 38 heavy (non-hydrogen) atoms. The molecule has 1 saturated heterocycles. The second kappa shape index (κ2) is 14.0. The number of nitrogens with zero attached hydrogens (tertiary/aromatic N) is 2. The summed E-state index contributed by atoms with van der Waals surface area (Å²) in [5.74, 6) is 1.56. The van der Waals surface area contributed by atoms with Crippen LogP contribution in [0.1, 0.15) is 59.8 Å². The van der Waals surface area contributed by atoms with Crippen LogP contribution in [0.4, 0.5) is 4.79 Å². The summed E-state index contributed by atoms with van der Waals surface area (Å²) in [4.78, 5) is 35.1. The summed E-state index contributed by atoms with van der Waals surface area (Å²) in [5, 5.41) is 2.67. The Morgan fingerprint density at radius 3 is 2.42 bits per heavy atom. The molecule has 1 aliphatic rings. The van der Waals surface area contributed by atoms with Gasteiger partial charge in [0.25, 0.3) is 0 Å². The summed E-state index contributed by atoms with van der Waals surface area (Å²) in [6, 6.07) is 6.98. The molecule has 1 aromatic carbocycles. The molecule has 3 rings (SSSR count). The van der Waals surface area contributed by atoms with Crippen molar-refractivity contribution >= 4 is 24.9 Å². The number of imidazole rings is 1. The average molecular weight is 748 g/mol. The van der Waals surface area contributed by atoms with E-state index in [1.807, 2.05) is 52.0 Å². The fraction of sp³-hybridized carbons (Fsp3) is 0.556. The summed E-state index contributed by atoms with van der Waals surface area (Å²) < 4.78 is 16.3. The zero-order valence-corrected chi connectivity index (χ0v) is 27.8. The molecule has 0 bridgehead atoms. The molecule has 2 N–H and O–H groups in total. The number of H-pyrrole nitrogens is 1. The largest absolute Gasteiger partial charge is 0.460 e. The maximum absolute atomic E-state index is 13.5. The van der Waals surface area contributed by atoms with Crippen LogP contribution >= 0.6 is 0 Å². The Morgan fingerprint density at radius 1 is 1.21 bits per heavy atom. The van der Waals surface area contributed by atoms with Crippen molar-refractivity contribution in [3.8, 4) is 11.3 Å². The minimum atomic E-state index is -0.718. The molecule has 1 aliphatic heterocycles. The Labute approximate surface area is 250 Å². The average Bonchev–Trinajstić information content (AvgIpc) is 3.53. The number of hydrogen-bond acceptors (Lipinski definition) is 6. The Hall–Kier alpha value is -1.79. The van der Waals surface area contributed by atoms with Crippen molar-refractivity contribution < 1.29 is 54.8 Å². The number of ether oxygens (including phenoxy) is 2. The molecule has 1 fully saturated rings. The van der Waals surface area contributed by atoms with Crippen molar-refractivity contribution in [2.45, 2.75) is 71.8 Å². The summed E-state index contributed by atoms with van der Waals surface area (Å²) in [6.07, 6.45) is 1.62. The SMILES string of the molecule is COC(=O)N[C@H](C(=O)N1C[C@@H](OC)C[C@H]1c1ncc(-c2ccc([B]OC(C)(C)[C-](C)C)cc2)[nH]1)C(C)C.[U]. The molecule has 0 aliphatic carbocycles. The number of methoxy groups -OCH3 is 2. The van der Waals surface area contributed by atoms with Crippen molar-refractivity contribution in [1.29, 1.82) is 0 Å². The third-order valence-electron chi connectivity index (χ3n) is 7.10. The van der Waals surface area contributed by atoms with E-state index in [-0.39, 0.29) is 60.7 Å². The van der Waals surface area contributed by atoms with E-state index >= 15 is 0 Å². The number of aromatic amines is 1. The quantitative estimate of drug-likeness (QED) is 0.286. The first-order valence-corrected chi connectivity index (χ1v) is 12.6. The standard InChI is InChI=1S/C27H39BN4O5.U/c1-16(2)23(31-26(34)36-8)25(33)32-15-20(35-7)13-22(32)24-29-14-21(30-24)18-9-11-19(12-10-18)28-37-27(5,6)17(3)4;/h9-12,14,16,20,22-23H,13,15H2,1-8H3,(H,29,30)(H,31,34);/q-1;/t20-,22-,23-;/m0./s1. The van der Waals surface area contributed by atoms with Gasteiger partial charge in [-0.05, 0) is 11.5 Å². The fourth-order valence-electron chi connectivity index (χ4n) is 4.08. The number of hydrogen-bond donors (Lipinski definition) is 2. The van der Waals surface area contributed by atoms with Gasteiger partial charge in [0, 0.05) is 51.2 Å². The predicted molar refractivity (Wildman–Crippen MR) is 143 cm³/mol. The number of nitrogens with one attached hydrogen (secondary N) is 2. The number of likely N-dealkylation sites (tertiary alicyclic amines) is 1. The smallest absolute Gasteiger partial charge is 0.407 e. The van der Waals surface area contributed by atoms with E-state index in [2.05, 4.69) is 29.1 Å². The third-order valence-corrected chi connectivity index (χ3v) is 7.10. The first kappa shape index (κ1) is 32.4. The monoisotopic (exact) mass is 748 g/mol. The van der Waals surface area contributed by atoms with Crippen LogP contribution in [0.2, 0.25) is 0 Å². The maximum atomic E-state index is 13.5. The van der Waals surface area contributed by atoms with Gasteiger partial charge in [-0.1, -0.05) is 63.0 Å². The Morgan fingerprint density at radius 2 is 1.87 bits per heavy atom. The Kier molecular flexibility index (Phi) is 12.0. The number of benzene rings is 1. The van der Waals surface area contributed by atoms with Crippen LogP contribution in [-0.4, -0.2) is 72.9 Å². The molecular formula is C27H39BN4O5U-. The van der Waals surface area contributed by atoms with Crippen LogP contribution < -0.4 is 10.8 Å².